The van der Waals surface area contributed by atoms with Crippen molar-refractivity contribution in [2.24, 2.45) is 0 Å². The normalized spacial score (nSPS) is 13.3. The minimum atomic E-state index is -3.69. The maximum absolute atomic E-state index is 12.6. The van der Waals surface area contributed by atoms with Crippen LogP contribution in [0, 0.1) is 13.8 Å². The smallest absolute Gasteiger partial charge is 0.246 e. The van der Waals surface area contributed by atoms with Crippen molar-refractivity contribution < 1.29 is 12.9 Å². The predicted octanol–water partition coefficient (Wildman–Crippen LogP) is 3.48. The second-order valence-corrected chi connectivity index (χ2v) is 7.25. The molecule has 1 N–H and O–H groups in total. The summed E-state index contributed by atoms with van der Waals surface area (Å²) >= 11 is 0. The highest BCUT2D eigenvalue weighted by molar-refractivity contribution is 7.89. The Morgan fingerprint density at radius 3 is 2.43 bits per heavy atom. The Morgan fingerprint density at radius 2 is 1.78 bits per heavy atom. The van der Waals surface area contributed by atoms with Gasteiger partial charge in [-0.05, 0) is 43.2 Å². The lowest BCUT2D eigenvalue weighted by Gasteiger charge is -2.15. The molecule has 0 bridgehead atoms. The fourth-order valence-corrected chi connectivity index (χ4v) is 4.26. The van der Waals surface area contributed by atoms with Crippen LogP contribution in [0.3, 0.4) is 0 Å². The maximum Gasteiger partial charge on any atom is 0.246 e. The summed E-state index contributed by atoms with van der Waals surface area (Å²) in [5.41, 5.74) is 1.26. The van der Waals surface area contributed by atoms with Crippen molar-refractivity contribution in [3.63, 3.8) is 0 Å². The summed E-state index contributed by atoms with van der Waals surface area (Å²) in [7, 11) is -3.69. The molecule has 0 aliphatic heterocycles. The van der Waals surface area contributed by atoms with E-state index in [4.69, 9.17) is 4.52 Å². The van der Waals surface area contributed by atoms with E-state index < -0.39 is 10.0 Å². The van der Waals surface area contributed by atoms with E-state index in [0.717, 1.165) is 16.3 Å². The molecule has 0 fully saturated rings. The van der Waals surface area contributed by atoms with Gasteiger partial charge in [-0.15, -0.1) is 0 Å². The Balaban J connectivity index is 1.92. The molecule has 0 aliphatic carbocycles. The maximum atomic E-state index is 12.6. The number of fused-ring (bicyclic) bond motifs is 1. The number of benzene rings is 2. The van der Waals surface area contributed by atoms with Gasteiger partial charge in [0.05, 0.1) is 0 Å². The van der Waals surface area contributed by atoms with Crippen LogP contribution < -0.4 is 4.72 Å². The molecular formula is C17H18N2O3S. The predicted molar refractivity (Wildman–Crippen MR) is 88.7 cm³/mol. The lowest BCUT2D eigenvalue weighted by atomic mass is 10.0. The van der Waals surface area contributed by atoms with Crippen molar-refractivity contribution in [2.75, 3.05) is 0 Å². The number of rotatable bonds is 4. The van der Waals surface area contributed by atoms with Crippen LogP contribution in [-0.2, 0) is 10.0 Å². The third kappa shape index (κ3) is 3.00. The number of aromatic nitrogens is 1. The summed E-state index contributed by atoms with van der Waals surface area (Å²) < 4.78 is 32.8. The Labute approximate surface area is 135 Å². The average molecular weight is 330 g/mol. The zero-order chi connectivity index (χ0) is 16.6. The van der Waals surface area contributed by atoms with Gasteiger partial charge in [0.1, 0.15) is 10.6 Å². The van der Waals surface area contributed by atoms with E-state index in [1.807, 2.05) is 49.4 Å². The van der Waals surface area contributed by atoms with Crippen molar-refractivity contribution >= 4 is 20.8 Å². The lowest BCUT2D eigenvalue weighted by Crippen LogP contribution is -2.27. The minimum absolute atomic E-state index is 0.116. The summed E-state index contributed by atoms with van der Waals surface area (Å²) in [6.45, 7) is 5.03. The van der Waals surface area contributed by atoms with Crippen LogP contribution in [0.1, 0.15) is 30.0 Å². The van der Waals surface area contributed by atoms with Gasteiger partial charge in [0, 0.05) is 6.04 Å². The van der Waals surface area contributed by atoms with Gasteiger partial charge in [-0.2, -0.15) is 0 Å². The van der Waals surface area contributed by atoms with Crippen LogP contribution >= 0.6 is 0 Å². The number of aryl methyl sites for hydroxylation is 2. The van der Waals surface area contributed by atoms with E-state index in [9.17, 15) is 8.42 Å². The van der Waals surface area contributed by atoms with E-state index in [1.54, 1.807) is 13.8 Å². The molecule has 120 valence electrons. The number of nitrogens with zero attached hydrogens (tertiary/aromatic N) is 1. The standard InChI is InChI=1S/C17H18N2O3S/c1-11(15-9-8-14-6-4-5-7-16(14)10-15)19-23(20,21)17-12(2)18-22-13(17)3/h4-11,19H,1-3H3/t11-/m0/s1. The van der Waals surface area contributed by atoms with Crippen molar-refractivity contribution in [3.05, 3.63) is 59.5 Å². The molecule has 0 spiro atoms. The zero-order valence-corrected chi connectivity index (χ0v) is 14.0. The first-order valence-corrected chi connectivity index (χ1v) is 8.81. The monoisotopic (exact) mass is 330 g/mol. The highest BCUT2D eigenvalue weighted by Crippen LogP contribution is 2.24. The van der Waals surface area contributed by atoms with Crippen LogP contribution in [0.25, 0.3) is 10.8 Å². The van der Waals surface area contributed by atoms with Gasteiger partial charge < -0.3 is 4.52 Å². The van der Waals surface area contributed by atoms with E-state index in [1.165, 1.54) is 0 Å². The van der Waals surface area contributed by atoms with Crippen LogP contribution in [0.4, 0.5) is 0 Å². The number of hydrogen-bond acceptors (Lipinski definition) is 4. The largest absolute Gasteiger partial charge is 0.360 e. The van der Waals surface area contributed by atoms with Gasteiger partial charge in [-0.3, -0.25) is 0 Å². The van der Waals surface area contributed by atoms with Gasteiger partial charge in [0.2, 0.25) is 10.0 Å². The highest BCUT2D eigenvalue weighted by atomic mass is 32.2. The fourth-order valence-electron chi connectivity index (χ4n) is 2.70. The molecule has 6 heteroatoms. The van der Waals surface area contributed by atoms with E-state index in [0.29, 0.717) is 11.5 Å². The second-order valence-electron chi connectivity index (χ2n) is 5.60. The topological polar surface area (TPSA) is 72.2 Å². The number of nitrogens with one attached hydrogen (secondary N) is 1. The third-order valence-corrected chi connectivity index (χ3v) is 5.63. The molecule has 0 unspecified atom stereocenters. The van der Waals surface area contributed by atoms with Crippen molar-refractivity contribution in [1.29, 1.82) is 0 Å². The number of sulfonamides is 1. The van der Waals surface area contributed by atoms with Crippen molar-refractivity contribution in [3.8, 4) is 0 Å². The summed E-state index contributed by atoms with van der Waals surface area (Å²) in [4.78, 5) is 0.116. The summed E-state index contributed by atoms with van der Waals surface area (Å²) in [6, 6.07) is 13.5. The molecule has 0 amide bonds. The zero-order valence-electron chi connectivity index (χ0n) is 13.2. The molecule has 1 heterocycles. The molecule has 0 aliphatic rings. The van der Waals surface area contributed by atoms with Crippen LogP contribution in [0.15, 0.2) is 51.9 Å². The van der Waals surface area contributed by atoms with Gasteiger partial charge in [0.25, 0.3) is 0 Å². The molecule has 3 rings (SSSR count). The summed E-state index contributed by atoms with van der Waals surface area (Å²) in [6.07, 6.45) is 0. The molecule has 0 saturated heterocycles. The molecule has 1 atom stereocenters. The molecule has 5 nitrogen and oxygen atoms in total. The molecule has 3 aromatic rings. The summed E-state index contributed by atoms with van der Waals surface area (Å²) in [5, 5.41) is 5.91. The van der Waals surface area contributed by atoms with Crippen molar-refractivity contribution in [2.45, 2.75) is 31.7 Å². The lowest BCUT2D eigenvalue weighted by molar-refractivity contribution is 0.390. The van der Waals surface area contributed by atoms with Gasteiger partial charge in [-0.25, -0.2) is 13.1 Å². The Kier molecular flexibility index (Phi) is 3.95. The minimum Gasteiger partial charge on any atom is -0.360 e. The van der Waals surface area contributed by atoms with E-state index in [2.05, 4.69) is 9.88 Å². The third-order valence-electron chi connectivity index (χ3n) is 3.84. The van der Waals surface area contributed by atoms with Gasteiger partial charge >= 0.3 is 0 Å². The average Bonchev–Trinajstić information content (AvgIpc) is 2.86. The van der Waals surface area contributed by atoms with E-state index in [-0.39, 0.29) is 10.9 Å². The molecular weight excluding hydrogens is 312 g/mol. The Morgan fingerprint density at radius 1 is 1.09 bits per heavy atom. The van der Waals surface area contributed by atoms with Gasteiger partial charge in [0.15, 0.2) is 5.76 Å². The SMILES string of the molecule is Cc1noc(C)c1S(=O)(=O)N[C@@H](C)c1ccc2ccccc2c1. The Bertz CT molecular complexity index is 941. The molecule has 1 aromatic heterocycles. The quantitative estimate of drug-likeness (QED) is 0.795. The first kappa shape index (κ1) is 15.7. The van der Waals surface area contributed by atoms with E-state index >= 15 is 0 Å². The van der Waals surface area contributed by atoms with Crippen molar-refractivity contribution in [1.82, 2.24) is 9.88 Å². The van der Waals surface area contributed by atoms with Crippen LogP contribution in [-0.4, -0.2) is 13.6 Å². The Hall–Kier alpha value is -2.18. The van der Waals surface area contributed by atoms with Gasteiger partial charge in [-0.1, -0.05) is 41.6 Å². The van der Waals surface area contributed by atoms with Crippen LogP contribution in [0.5, 0.6) is 0 Å². The highest BCUT2D eigenvalue weighted by Gasteiger charge is 2.26. The molecule has 2 aromatic carbocycles. The second kappa shape index (κ2) is 5.79. The molecule has 23 heavy (non-hydrogen) atoms. The molecule has 0 saturated carbocycles. The first-order chi connectivity index (χ1) is 10.9. The number of hydrogen-bond donors (Lipinski definition) is 1. The summed E-state index contributed by atoms with van der Waals surface area (Å²) in [5.74, 6) is 0.292. The van der Waals surface area contributed by atoms with Crippen LogP contribution in [0.2, 0.25) is 0 Å². The molecule has 0 radical (unpaired) electrons. The first-order valence-electron chi connectivity index (χ1n) is 7.32. The fraction of sp³-hybridized carbons (Fsp3) is 0.235.